The van der Waals surface area contributed by atoms with Crippen molar-refractivity contribution in [2.45, 2.75) is 25.6 Å². The maximum atomic E-state index is 13.0. The van der Waals surface area contributed by atoms with Crippen molar-refractivity contribution in [3.63, 3.8) is 0 Å². The largest absolute Gasteiger partial charge is 0.479 e. The van der Waals surface area contributed by atoms with Crippen molar-refractivity contribution in [3.8, 4) is 0 Å². The first kappa shape index (κ1) is 11.9. The fourth-order valence-corrected chi connectivity index (χ4v) is 2.32. The Hall–Kier alpha value is -1.59. The number of fused-ring (bicyclic) bond motifs is 2. The van der Waals surface area contributed by atoms with E-state index in [1.165, 1.54) is 0 Å². The van der Waals surface area contributed by atoms with E-state index in [2.05, 4.69) is 0 Å². The lowest BCUT2D eigenvalue weighted by atomic mass is 10.1. The van der Waals surface area contributed by atoms with Gasteiger partial charge in [-0.15, -0.1) is 0 Å². The van der Waals surface area contributed by atoms with Crippen molar-refractivity contribution < 1.29 is 19.1 Å². The first-order chi connectivity index (χ1) is 7.99. The molecule has 94 valence electrons. The molecule has 0 saturated carbocycles. The normalized spacial score (nSPS) is 24.9. The highest BCUT2D eigenvalue weighted by Crippen LogP contribution is 2.24. The van der Waals surface area contributed by atoms with Crippen molar-refractivity contribution in [1.82, 2.24) is 9.80 Å². The van der Waals surface area contributed by atoms with Gasteiger partial charge in [-0.05, 0) is 6.92 Å². The van der Waals surface area contributed by atoms with Crippen molar-refractivity contribution in [2.24, 2.45) is 0 Å². The number of carbonyl (C=O) groups excluding carboxylic acids is 1. The molecule has 0 radical (unpaired) electrons. The Morgan fingerprint density at radius 2 is 2.41 bits per heavy atom. The number of carbonyl (C=O) groups is 2. The summed E-state index contributed by atoms with van der Waals surface area (Å²) in [6, 6.07) is -0.155. The van der Waals surface area contributed by atoms with Crippen LogP contribution in [0.1, 0.15) is 13.3 Å². The summed E-state index contributed by atoms with van der Waals surface area (Å²) in [6.07, 6.45) is -0.0587. The molecule has 2 bridgehead atoms. The van der Waals surface area contributed by atoms with E-state index in [-0.39, 0.29) is 25.0 Å². The van der Waals surface area contributed by atoms with Crippen LogP contribution >= 0.6 is 0 Å². The monoisotopic (exact) mass is 242 g/mol. The maximum Gasteiger partial charge on any atom is 0.338 e. The van der Waals surface area contributed by atoms with Gasteiger partial charge in [-0.3, -0.25) is 0 Å². The Kier molecular flexibility index (Phi) is 3.04. The first-order valence-corrected chi connectivity index (χ1v) is 5.58. The molecule has 0 aromatic rings. The fraction of sp³-hybridized carbons (Fsp3) is 0.636. The van der Waals surface area contributed by atoms with Crippen LogP contribution in [0, 0.1) is 0 Å². The van der Waals surface area contributed by atoms with Crippen LogP contribution in [0.2, 0.25) is 0 Å². The minimum absolute atomic E-state index is 0.0303. The van der Waals surface area contributed by atoms with E-state index in [0.29, 0.717) is 13.1 Å². The lowest BCUT2D eigenvalue weighted by Gasteiger charge is -2.21. The molecule has 2 amide bonds. The molecule has 2 aliphatic heterocycles. The molecule has 2 heterocycles. The molecule has 17 heavy (non-hydrogen) atoms. The van der Waals surface area contributed by atoms with E-state index in [9.17, 15) is 14.0 Å². The Morgan fingerprint density at radius 3 is 3.06 bits per heavy atom. The van der Waals surface area contributed by atoms with E-state index >= 15 is 0 Å². The predicted octanol–water partition coefficient (Wildman–Crippen LogP) is 0.865. The average molecular weight is 242 g/mol. The van der Waals surface area contributed by atoms with Crippen LogP contribution in [0.15, 0.2) is 11.6 Å². The Balaban J connectivity index is 1.98. The second-order valence-corrected chi connectivity index (χ2v) is 4.53. The molecule has 1 saturated heterocycles. The molecule has 1 N–H and O–H groups in total. The molecular formula is C11H15FN2O3. The molecular weight excluding hydrogens is 227 g/mol. The second kappa shape index (κ2) is 4.35. The van der Waals surface area contributed by atoms with Gasteiger partial charge in [0.2, 0.25) is 0 Å². The van der Waals surface area contributed by atoms with Crippen LogP contribution in [-0.2, 0) is 4.79 Å². The molecule has 0 unspecified atom stereocenters. The summed E-state index contributed by atoms with van der Waals surface area (Å²) in [4.78, 5) is 25.5. The molecule has 0 aromatic carbocycles. The predicted molar refractivity (Wildman–Crippen MR) is 58.4 cm³/mol. The van der Waals surface area contributed by atoms with Gasteiger partial charge in [-0.25, -0.2) is 14.0 Å². The third-order valence-electron chi connectivity index (χ3n) is 3.13. The number of halogens is 1. The van der Waals surface area contributed by atoms with Crippen LogP contribution in [0.3, 0.4) is 0 Å². The minimum atomic E-state index is -1.90. The van der Waals surface area contributed by atoms with Crippen molar-refractivity contribution in [1.29, 1.82) is 0 Å². The molecule has 6 heteroatoms. The summed E-state index contributed by atoms with van der Waals surface area (Å²) in [5.74, 6) is -1.47. The smallest absolute Gasteiger partial charge is 0.338 e. The third-order valence-corrected chi connectivity index (χ3v) is 3.13. The van der Waals surface area contributed by atoms with E-state index in [1.54, 1.807) is 9.80 Å². The Bertz CT molecular complexity index is 383. The van der Waals surface area contributed by atoms with Gasteiger partial charge in [-0.2, -0.15) is 0 Å². The second-order valence-electron chi connectivity index (χ2n) is 4.53. The standard InChI is InChI=1S/C11H15FN2O3/c1-7-4-8-6-13(5-7)11(17)14(8)3-2-9(12)10(15)16/h4,8-9H,2-3,5-6H2,1H3,(H,15,16)/t8-,9+/m0/s1. The number of urea groups is 1. The van der Waals surface area contributed by atoms with E-state index in [0.717, 1.165) is 5.57 Å². The van der Waals surface area contributed by atoms with Gasteiger partial charge in [0.1, 0.15) is 0 Å². The van der Waals surface area contributed by atoms with Crippen molar-refractivity contribution in [3.05, 3.63) is 11.6 Å². The topological polar surface area (TPSA) is 60.9 Å². The van der Waals surface area contributed by atoms with E-state index in [1.807, 2.05) is 13.0 Å². The summed E-state index contributed by atoms with van der Waals surface area (Å²) in [7, 11) is 0. The summed E-state index contributed by atoms with van der Waals surface area (Å²) in [5, 5.41) is 8.45. The lowest BCUT2D eigenvalue weighted by molar-refractivity contribution is -0.143. The SMILES string of the molecule is CC1=C[C@H]2CN(C1)C(=O)N2CC[C@@H](F)C(=O)O. The van der Waals surface area contributed by atoms with E-state index < -0.39 is 12.1 Å². The number of nitrogens with zero attached hydrogens (tertiary/aromatic N) is 2. The number of hydrogen-bond acceptors (Lipinski definition) is 2. The Labute approximate surface area is 98.5 Å². The van der Waals surface area contributed by atoms with Crippen LogP contribution in [0.25, 0.3) is 0 Å². The van der Waals surface area contributed by atoms with Gasteiger partial charge in [0.15, 0.2) is 6.17 Å². The zero-order chi connectivity index (χ0) is 12.6. The van der Waals surface area contributed by atoms with Gasteiger partial charge >= 0.3 is 12.0 Å². The highest BCUT2D eigenvalue weighted by atomic mass is 19.1. The first-order valence-electron chi connectivity index (χ1n) is 5.58. The molecule has 0 aliphatic carbocycles. The van der Waals surface area contributed by atoms with Gasteiger partial charge in [-0.1, -0.05) is 11.6 Å². The summed E-state index contributed by atoms with van der Waals surface area (Å²) in [6.45, 7) is 3.34. The number of amides is 2. The van der Waals surface area contributed by atoms with Gasteiger partial charge < -0.3 is 14.9 Å². The number of carboxylic acid groups (broad SMARTS) is 1. The number of aliphatic carboxylic acids is 1. The van der Waals surface area contributed by atoms with Gasteiger partial charge in [0, 0.05) is 26.1 Å². The fourth-order valence-electron chi connectivity index (χ4n) is 2.32. The molecule has 2 atom stereocenters. The Morgan fingerprint density at radius 1 is 1.71 bits per heavy atom. The molecule has 5 nitrogen and oxygen atoms in total. The van der Waals surface area contributed by atoms with Crippen LogP contribution in [0.5, 0.6) is 0 Å². The maximum absolute atomic E-state index is 13.0. The lowest BCUT2D eigenvalue weighted by Crippen LogP contribution is -2.35. The molecule has 1 fully saturated rings. The molecule has 0 spiro atoms. The quantitative estimate of drug-likeness (QED) is 0.744. The summed E-state index contributed by atoms with van der Waals surface area (Å²) in [5.41, 5.74) is 1.12. The highest BCUT2D eigenvalue weighted by molar-refractivity contribution is 5.79. The average Bonchev–Trinajstić information content (AvgIpc) is 2.47. The number of alkyl halides is 1. The van der Waals surface area contributed by atoms with Gasteiger partial charge in [0.25, 0.3) is 0 Å². The summed E-state index contributed by atoms with van der Waals surface area (Å²) < 4.78 is 13.0. The number of carboxylic acids is 1. The minimum Gasteiger partial charge on any atom is -0.479 e. The number of rotatable bonds is 4. The number of hydrogen-bond donors (Lipinski definition) is 1. The molecule has 0 aromatic heterocycles. The van der Waals surface area contributed by atoms with Crippen LogP contribution in [0.4, 0.5) is 9.18 Å². The van der Waals surface area contributed by atoms with Crippen LogP contribution in [-0.4, -0.2) is 58.8 Å². The van der Waals surface area contributed by atoms with Crippen molar-refractivity contribution >= 4 is 12.0 Å². The van der Waals surface area contributed by atoms with Crippen LogP contribution < -0.4 is 0 Å². The third kappa shape index (κ3) is 2.25. The summed E-state index contributed by atoms with van der Waals surface area (Å²) >= 11 is 0. The van der Waals surface area contributed by atoms with E-state index in [4.69, 9.17) is 5.11 Å². The van der Waals surface area contributed by atoms with Crippen molar-refractivity contribution in [2.75, 3.05) is 19.6 Å². The molecule has 2 rings (SSSR count). The zero-order valence-electron chi connectivity index (χ0n) is 9.60. The molecule has 2 aliphatic rings. The van der Waals surface area contributed by atoms with Gasteiger partial charge in [0.05, 0.1) is 6.04 Å². The zero-order valence-corrected chi connectivity index (χ0v) is 9.60. The highest BCUT2D eigenvalue weighted by Gasteiger charge is 2.38.